The second-order valence-electron chi connectivity index (χ2n) is 8.66. The standard InChI is InChI=1S/C26H24N6O6S2/c1-39(34,35)18-11-12-22(33)20(14-18)30-31-21-15-23(40(36,37)38)25(28)26(24(21)27)32-29-19-10-6-5-9-17(19)13-16-7-3-2-4-8-16/h2-12,14-15,33H,13,27-28H2,1H3,(H,36,37,38). The third-order valence-corrected chi connectivity index (χ3v) is 7.73. The quantitative estimate of drug-likeness (QED) is 0.116. The van der Waals surface area contributed by atoms with Gasteiger partial charge in [0.1, 0.15) is 27.7 Å². The number of nitrogens with two attached hydrogens (primary N) is 2. The van der Waals surface area contributed by atoms with Gasteiger partial charge in [0.25, 0.3) is 10.1 Å². The molecular formula is C26H24N6O6S2. The lowest BCUT2D eigenvalue weighted by Gasteiger charge is -2.11. The Balaban J connectivity index is 1.79. The van der Waals surface area contributed by atoms with Crippen molar-refractivity contribution in [1.82, 2.24) is 0 Å². The third kappa shape index (κ3) is 6.48. The van der Waals surface area contributed by atoms with Crippen LogP contribution in [0.1, 0.15) is 11.1 Å². The fourth-order valence-electron chi connectivity index (χ4n) is 3.67. The summed E-state index contributed by atoms with van der Waals surface area (Å²) in [5, 5.41) is 26.1. The lowest BCUT2D eigenvalue weighted by molar-refractivity contribution is 0.475. The molecule has 0 unspecified atom stereocenters. The molecule has 12 nitrogen and oxygen atoms in total. The van der Waals surface area contributed by atoms with Crippen LogP contribution in [-0.2, 0) is 26.4 Å². The van der Waals surface area contributed by atoms with Crippen molar-refractivity contribution in [3.05, 3.63) is 90.0 Å². The van der Waals surface area contributed by atoms with Crippen molar-refractivity contribution in [1.29, 1.82) is 0 Å². The molecule has 0 aliphatic heterocycles. The van der Waals surface area contributed by atoms with E-state index in [9.17, 15) is 26.5 Å². The monoisotopic (exact) mass is 580 g/mol. The first-order chi connectivity index (χ1) is 18.8. The van der Waals surface area contributed by atoms with E-state index in [4.69, 9.17) is 11.5 Å². The summed E-state index contributed by atoms with van der Waals surface area (Å²) in [5.41, 5.74) is 13.0. The second kappa shape index (κ2) is 11.2. The Morgan fingerprint density at radius 2 is 1.35 bits per heavy atom. The molecule has 0 fully saturated rings. The molecule has 0 radical (unpaired) electrons. The van der Waals surface area contributed by atoms with E-state index in [0.717, 1.165) is 35.6 Å². The van der Waals surface area contributed by atoms with Gasteiger partial charge in [0.15, 0.2) is 9.84 Å². The third-order valence-electron chi connectivity index (χ3n) is 5.72. The van der Waals surface area contributed by atoms with E-state index in [2.05, 4.69) is 20.5 Å². The number of nitrogen functional groups attached to an aromatic ring is 2. The minimum Gasteiger partial charge on any atom is -0.506 e. The molecule has 0 heterocycles. The number of sulfone groups is 1. The molecule has 0 bridgehead atoms. The predicted octanol–water partition coefficient (Wildman–Crippen LogP) is 5.63. The first-order valence-electron chi connectivity index (χ1n) is 11.5. The van der Waals surface area contributed by atoms with E-state index in [0.29, 0.717) is 12.1 Å². The molecule has 0 aliphatic carbocycles. The maximum Gasteiger partial charge on any atom is 0.296 e. The van der Waals surface area contributed by atoms with Gasteiger partial charge in [-0.05, 0) is 47.9 Å². The molecule has 40 heavy (non-hydrogen) atoms. The maximum atomic E-state index is 12.1. The van der Waals surface area contributed by atoms with Crippen molar-refractivity contribution >= 4 is 54.1 Å². The van der Waals surface area contributed by atoms with Crippen LogP contribution in [0.25, 0.3) is 0 Å². The molecule has 0 spiro atoms. The lowest BCUT2D eigenvalue weighted by Crippen LogP contribution is -2.05. The minimum absolute atomic E-state index is 0.133. The van der Waals surface area contributed by atoms with Gasteiger partial charge in [0.2, 0.25) is 0 Å². The molecule has 0 atom stereocenters. The number of hydrogen-bond acceptors (Lipinski definition) is 11. The predicted molar refractivity (Wildman–Crippen MR) is 150 cm³/mol. The van der Waals surface area contributed by atoms with Crippen LogP contribution in [0.2, 0.25) is 0 Å². The molecule has 4 aromatic carbocycles. The number of benzene rings is 4. The zero-order chi connectivity index (χ0) is 29.1. The zero-order valence-electron chi connectivity index (χ0n) is 21.0. The maximum absolute atomic E-state index is 12.1. The average Bonchev–Trinajstić information content (AvgIpc) is 2.89. The smallest absolute Gasteiger partial charge is 0.296 e. The molecule has 4 aromatic rings. The first-order valence-corrected chi connectivity index (χ1v) is 14.9. The SMILES string of the molecule is CS(=O)(=O)c1ccc(O)c(N=Nc2cc(S(=O)(=O)O)c(N)c(N=Nc3ccccc3Cc3ccccc3)c2N)c1. The molecular weight excluding hydrogens is 556 g/mol. The summed E-state index contributed by atoms with van der Waals surface area (Å²) in [7, 11) is -8.48. The van der Waals surface area contributed by atoms with Crippen LogP contribution in [0.4, 0.5) is 34.1 Å². The molecule has 0 aliphatic rings. The summed E-state index contributed by atoms with van der Waals surface area (Å²) >= 11 is 0. The number of nitrogens with zero attached hydrogens (tertiary/aromatic N) is 4. The molecule has 0 amide bonds. The van der Waals surface area contributed by atoms with Crippen molar-refractivity contribution < 1.29 is 26.5 Å². The number of anilines is 2. The zero-order valence-corrected chi connectivity index (χ0v) is 22.6. The summed E-state index contributed by atoms with van der Waals surface area (Å²) in [4.78, 5) is -0.872. The van der Waals surface area contributed by atoms with Crippen molar-refractivity contribution in [3.8, 4) is 5.75 Å². The molecule has 6 N–H and O–H groups in total. The van der Waals surface area contributed by atoms with Gasteiger partial charge in [0.05, 0.1) is 22.0 Å². The summed E-state index contributed by atoms with van der Waals surface area (Å²) < 4.78 is 57.6. The van der Waals surface area contributed by atoms with Crippen molar-refractivity contribution in [2.45, 2.75) is 16.2 Å². The van der Waals surface area contributed by atoms with Crippen molar-refractivity contribution in [2.24, 2.45) is 20.5 Å². The first kappa shape index (κ1) is 28.4. The second-order valence-corrected chi connectivity index (χ2v) is 12.1. The van der Waals surface area contributed by atoms with Crippen LogP contribution < -0.4 is 11.5 Å². The van der Waals surface area contributed by atoms with E-state index in [1.54, 1.807) is 12.1 Å². The number of rotatable bonds is 8. The van der Waals surface area contributed by atoms with Crippen LogP contribution in [0.3, 0.4) is 0 Å². The normalized spacial score (nSPS) is 12.3. The topological polar surface area (TPSA) is 210 Å². The molecule has 0 saturated carbocycles. The van der Waals surface area contributed by atoms with Crippen LogP contribution in [-0.4, -0.2) is 32.8 Å². The van der Waals surface area contributed by atoms with E-state index in [1.807, 2.05) is 42.5 Å². The molecule has 4 rings (SSSR count). The Labute approximate surface area is 230 Å². The number of phenolic OH excluding ortho intramolecular Hbond substituents is 1. The van der Waals surface area contributed by atoms with Gasteiger partial charge in [0, 0.05) is 6.26 Å². The van der Waals surface area contributed by atoms with E-state index in [1.165, 1.54) is 6.07 Å². The van der Waals surface area contributed by atoms with Gasteiger partial charge in [-0.15, -0.1) is 15.3 Å². The van der Waals surface area contributed by atoms with Crippen molar-refractivity contribution in [3.63, 3.8) is 0 Å². The number of hydrogen-bond donors (Lipinski definition) is 4. The van der Waals surface area contributed by atoms with Gasteiger partial charge in [-0.1, -0.05) is 48.5 Å². The Kier molecular flexibility index (Phi) is 7.95. The highest BCUT2D eigenvalue weighted by atomic mass is 32.2. The van der Waals surface area contributed by atoms with E-state index in [-0.39, 0.29) is 27.6 Å². The van der Waals surface area contributed by atoms with Gasteiger partial charge < -0.3 is 16.6 Å². The Morgan fingerprint density at radius 1 is 0.725 bits per heavy atom. The highest BCUT2D eigenvalue weighted by molar-refractivity contribution is 7.90. The Bertz CT molecular complexity index is 1860. The van der Waals surface area contributed by atoms with E-state index >= 15 is 0 Å². The number of azo groups is 2. The minimum atomic E-state index is -4.86. The number of phenols is 1. The fourth-order valence-corrected chi connectivity index (χ4v) is 4.94. The van der Waals surface area contributed by atoms with Gasteiger partial charge >= 0.3 is 0 Å². The Morgan fingerprint density at radius 3 is 2.02 bits per heavy atom. The summed E-state index contributed by atoms with van der Waals surface area (Å²) in [6.45, 7) is 0. The van der Waals surface area contributed by atoms with Crippen molar-refractivity contribution in [2.75, 3.05) is 17.7 Å². The van der Waals surface area contributed by atoms with Crippen LogP contribution >= 0.6 is 0 Å². The molecule has 14 heteroatoms. The van der Waals surface area contributed by atoms with Gasteiger partial charge in [-0.25, -0.2) is 8.42 Å². The van der Waals surface area contributed by atoms with E-state index < -0.39 is 36.3 Å². The lowest BCUT2D eigenvalue weighted by atomic mass is 10.0. The molecule has 206 valence electrons. The van der Waals surface area contributed by atoms with Gasteiger partial charge in [-0.2, -0.15) is 13.5 Å². The summed E-state index contributed by atoms with van der Waals surface area (Å²) in [6, 6.07) is 21.1. The van der Waals surface area contributed by atoms with Gasteiger partial charge in [-0.3, -0.25) is 4.55 Å². The fraction of sp³-hybridized carbons (Fsp3) is 0.0769. The number of aromatic hydroxyl groups is 1. The molecule has 0 aromatic heterocycles. The summed E-state index contributed by atoms with van der Waals surface area (Å²) in [5.74, 6) is -0.393. The highest BCUT2D eigenvalue weighted by Gasteiger charge is 2.22. The summed E-state index contributed by atoms with van der Waals surface area (Å²) in [6.07, 6.45) is 1.52. The van der Waals surface area contributed by atoms with Crippen LogP contribution in [0, 0.1) is 0 Å². The largest absolute Gasteiger partial charge is 0.506 e. The molecule has 0 saturated heterocycles. The average molecular weight is 581 g/mol. The van der Waals surface area contributed by atoms with Crippen LogP contribution in [0.5, 0.6) is 5.75 Å². The Hall–Kier alpha value is -4.66. The highest BCUT2D eigenvalue weighted by Crippen LogP contribution is 2.43. The van der Waals surface area contributed by atoms with Crippen LogP contribution in [0.15, 0.2) is 109 Å².